The number of allylic oxidation sites excluding steroid dienone is 1. The standard InChI is InChI=1S/C17H23N.C3H8.C2H6/c1-10(13-4-5-13)7-16-11(2)6-14-8-15(18)9-17(14)12(16)3;1-3-2;1-2/h6-7,13,15H,4-5,8-9,18H2,1-3H3;3H2,1-2H3;1-2H3/b10-7+;;. The topological polar surface area (TPSA) is 26.0 Å². The fourth-order valence-corrected chi connectivity index (χ4v) is 3.31. The van der Waals surface area contributed by atoms with Gasteiger partial charge in [0.05, 0.1) is 0 Å². The zero-order valence-electron chi connectivity index (χ0n) is 16.4. The Morgan fingerprint density at radius 3 is 2.26 bits per heavy atom. The molecule has 1 aromatic rings. The summed E-state index contributed by atoms with van der Waals surface area (Å²) in [5, 5.41) is 0. The normalized spacial score (nSPS) is 19.3. The molecule has 1 aromatic carbocycles. The zero-order valence-corrected chi connectivity index (χ0v) is 16.4. The molecule has 2 N–H and O–H groups in total. The van der Waals surface area contributed by atoms with E-state index in [0.29, 0.717) is 6.04 Å². The molecular formula is C22H37N. The van der Waals surface area contributed by atoms with E-state index in [1.807, 2.05) is 13.8 Å². The van der Waals surface area contributed by atoms with E-state index >= 15 is 0 Å². The van der Waals surface area contributed by atoms with Gasteiger partial charge in [-0.25, -0.2) is 0 Å². The number of aryl methyl sites for hydroxylation is 1. The summed E-state index contributed by atoms with van der Waals surface area (Å²) in [6.45, 7) is 15.1. The maximum Gasteiger partial charge on any atom is 0.0120 e. The number of benzene rings is 1. The van der Waals surface area contributed by atoms with Crippen LogP contribution in [0.25, 0.3) is 6.08 Å². The Balaban J connectivity index is 0.000000477. The summed E-state index contributed by atoms with van der Waals surface area (Å²) < 4.78 is 0. The van der Waals surface area contributed by atoms with E-state index in [1.54, 1.807) is 5.57 Å². The summed E-state index contributed by atoms with van der Waals surface area (Å²) in [7, 11) is 0. The molecule has 130 valence electrons. The Kier molecular flexibility index (Phi) is 8.05. The monoisotopic (exact) mass is 315 g/mol. The molecule has 0 amide bonds. The second kappa shape index (κ2) is 9.27. The lowest BCUT2D eigenvalue weighted by molar-refractivity contribution is 0.720. The third-order valence-corrected chi connectivity index (χ3v) is 4.60. The van der Waals surface area contributed by atoms with Gasteiger partial charge in [0, 0.05) is 6.04 Å². The molecule has 0 saturated heterocycles. The summed E-state index contributed by atoms with van der Waals surface area (Å²) in [6, 6.07) is 2.70. The molecule has 1 unspecified atom stereocenters. The van der Waals surface area contributed by atoms with Crippen LogP contribution in [0.2, 0.25) is 0 Å². The summed E-state index contributed by atoms with van der Waals surface area (Å²) in [6.07, 6.45) is 8.56. The van der Waals surface area contributed by atoms with Crippen LogP contribution in [0.5, 0.6) is 0 Å². The van der Waals surface area contributed by atoms with Crippen molar-refractivity contribution in [1.29, 1.82) is 0 Å². The van der Waals surface area contributed by atoms with Gasteiger partial charge in [0.2, 0.25) is 0 Å². The molecule has 2 aliphatic carbocycles. The molecule has 0 aliphatic heterocycles. The first kappa shape index (κ1) is 20.0. The van der Waals surface area contributed by atoms with Crippen molar-refractivity contribution >= 4 is 6.08 Å². The molecule has 1 atom stereocenters. The maximum absolute atomic E-state index is 6.10. The highest BCUT2D eigenvalue weighted by molar-refractivity contribution is 5.64. The second-order valence-corrected chi connectivity index (χ2v) is 6.91. The van der Waals surface area contributed by atoms with Crippen molar-refractivity contribution in [3.63, 3.8) is 0 Å². The second-order valence-electron chi connectivity index (χ2n) is 6.91. The fraction of sp³-hybridized carbons (Fsp3) is 0.636. The predicted octanol–water partition coefficient (Wildman–Crippen LogP) is 5.99. The molecule has 1 saturated carbocycles. The van der Waals surface area contributed by atoms with Crippen molar-refractivity contribution in [2.24, 2.45) is 11.7 Å². The maximum atomic E-state index is 6.10. The SMILES string of the molecule is C/C(=C\c1c(C)cc2c(c1C)CC(N)C2)C1CC1.CC.CCC. The van der Waals surface area contributed by atoms with Crippen molar-refractivity contribution in [1.82, 2.24) is 0 Å². The lowest BCUT2D eigenvalue weighted by Gasteiger charge is -2.13. The summed E-state index contributed by atoms with van der Waals surface area (Å²) >= 11 is 0. The lowest BCUT2D eigenvalue weighted by atomic mass is 9.92. The van der Waals surface area contributed by atoms with Crippen LogP contribution < -0.4 is 5.73 Å². The van der Waals surface area contributed by atoms with E-state index in [4.69, 9.17) is 5.73 Å². The van der Waals surface area contributed by atoms with Crippen LogP contribution >= 0.6 is 0 Å². The molecule has 0 spiro atoms. The summed E-state index contributed by atoms with van der Waals surface area (Å²) in [5.74, 6) is 0.860. The van der Waals surface area contributed by atoms with Crippen molar-refractivity contribution in [2.75, 3.05) is 0 Å². The first-order chi connectivity index (χ1) is 11.0. The molecule has 23 heavy (non-hydrogen) atoms. The Bertz CT molecular complexity index is 535. The van der Waals surface area contributed by atoms with E-state index in [2.05, 4.69) is 46.8 Å². The van der Waals surface area contributed by atoms with Crippen LogP contribution in [0.15, 0.2) is 11.6 Å². The number of hydrogen-bond donors (Lipinski definition) is 1. The molecule has 2 aliphatic rings. The zero-order chi connectivity index (χ0) is 17.6. The highest BCUT2D eigenvalue weighted by Crippen LogP contribution is 2.38. The highest BCUT2D eigenvalue weighted by Gasteiger charge is 2.25. The smallest absolute Gasteiger partial charge is 0.0120 e. The van der Waals surface area contributed by atoms with Crippen molar-refractivity contribution < 1.29 is 0 Å². The van der Waals surface area contributed by atoms with Crippen molar-refractivity contribution in [3.05, 3.63) is 39.5 Å². The molecular weight excluding hydrogens is 278 g/mol. The molecule has 0 heterocycles. The van der Waals surface area contributed by atoms with Gasteiger partial charge in [0.1, 0.15) is 0 Å². The van der Waals surface area contributed by atoms with Crippen LogP contribution in [0, 0.1) is 19.8 Å². The quantitative estimate of drug-likeness (QED) is 0.713. The van der Waals surface area contributed by atoms with E-state index < -0.39 is 0 Å². The molecule has 0 aromatic heterocycles. The minimum atomic E-state index is 0.335. The van der Waals surface area contributed by atoms with Crippen LogP contribution in [0.1, 0.15) is 81.7 Å². The van der Waals surface area contributed by atoms with E-state index in [1.165, 1.54) is 47.1 Å². The summed E-state index contributed by atoms with van der Waals surface area (Å²) in [5.41, 5.74) is 15.0. The van der Waals surface area contributed by atoms with Crippen LogP contribution in [-0.4, -0.2) is 6.04 Å². The van der Waals surface area contributed by atoms with E-state index in [0.717, 1.165) is 18.8 Å². The van der Waals surface area contributed by atoms with Gasteiger partial charge in [-0.05, 0) is 80.2 Å². The van der Waals surface area contributed by atoms with Crippen LogP contribution in [0.3, 0.4) is 0 Å². The van der Waals surface area contributed by atoms with Gasteiger partial charge in [0.25, 0.3) is 0 Å². The van der Waals surface area contributed by atoms with Crippen LogP contribution in [-0.2, 0) is 12.8 Å². The number of fused-ring (bicyclic) bond motifs is 1. The third-order valence-electron chi connectivity index (χ3n) is 4.60. The van der Waals surface area contributed by atoms with Gasteiger partial charge in [-0.2, -0.15) is 0 Å². The van der Waals surface area contributed by atoms with Crippen molar-refractivity contribution in [2.45, 2.75) is 86.6 Å². The van der Waals surface area contributed by atoms with Crippen LogP contribution in [0.4, 0.5) is 0 Å². The highest BCUT2D eigenvalue weighted by atomic mass is 14.6. The van der Waals surface area contributed by atoms with Crippen molar-refractivity contribution in [3.8, 4) is 0 Å². The number of hydrogen-bond acceptors (Lipinski definition) is 1. The van der Waals surface area contributed by atoms with Gasteiger partial charge >= 0.3 is 0 Å². The lowest BCUT2D eigenvalue weighted by Crippen LogP contribution is -2.19. The molecule has 0 radical (unpaired) electrons. The average Bonchev–Trinajstić information content (AvgIpc) is 3.29. The molecule has 1 nitrogen and oxygen atoms in total. The Labute approximate surface area is 144 Å². The minimum Gasteiger partial charge on any atom is -0.327 e. The Morgan fingerprint density at radius 1 is 1.17 bits per heavy atom. The summed E-state index contributed by atoms with van der Waals surface area (Å²) in [4.78, 5) is 0. The largest absolute Gasteiger partial charge is 0.327 e. The third kappa shape index (κ3) is 5.21. The van der Waals surface area contributed by atoms with Gasteiger partial charge in [-0.1, -0.05) is 51.8 Å². The number of nitrogens with two attached hydrogens (primary N) is 1. The first-order valence-corrected chi connectivity index (χ1v) is 9.53. The fourth-order valence-electron chi connectivity index (χ4n) is 3.31. The molecule has 1 fully saturated rings. The Morgan fingerprint density at radius 2 is 1.74 bits per heavy atom. The molecule has 0 bridgehead atoms. The van der Waals surface area contributed by atoms with Gasteiger partial charge in [0.15, 0.2) is 0 Å². The van der Waals surface area contributed by atoms with E-state index in [9.17, 15) is 0 Å². The molecule has 1 heteroatoms. The van der Waals surface area contributed by atoms with E-state index in [-0.39, 0.29) is 0 Å². The van der Waals surface area contributed by atoms with Gasteiger partial charge < -0.3 is 5.73 Å². The minimum absolute atomic E-state index is 0.335. The number of rotatable bonds is 2. The first-order valence-electron chi connectivity index (χ1n) is 9.53. The Hall–Kier alpha value is -1.08. The average molecular weight is 316 g/mol. The molecule has 3 rings (SSSR count). The van der Waals surface area contributed by atoms with Gasteiger partial charge in [-0.15, -0.1) is 0 Å². The predicted molar refractivity (Wildman–Crippen MR) is 105 cm³/mol. The van der Waals surface area contributed by atoms with Gasteiger partial charge in [-0.3, -0.25) is 0 Å².